The molecule has 47 heavy (non-hydrogen) atoms. The molecule has 1 aliphatic carbocycles. The second kappa shape index (κ2) is 15.7. The normalized spacial score (nSPS) is 24.1. The number of nitrogens with two attached hydrogens (primary N) is 2. The van der Waals surface area contributed by atoms with E-state index < -0.39 is 36.0 Å². The number of carbonyl (C=O) groups excluding carboxylic acids is 5. The first kappa shape index (κ1) is 34.3. The number of hydrogen-bond donors (Lipinski definition) is 4. The van der Waals surface area contributed by atoms with Crippen molar-refractivity contribution in [2.45, 2.75) is 88.5 Å². The Bertz CT molecular complexity index is 1410. The maximum Gasteiger partial charge on any atom is 0.246 e. The van der Waals surface area contributed by atoms with Crippen LogP contribution in [-0.2, 0) is 36.8 Å². The molecule has 5 rings (SSSR count). The number of Topliss-reactive ketones (excluding diaryl/α,β-unsaturated/α-hetero) is 1. The lowest BCUT2D eigenvalue weighted by atomic mass is 10.0. The number of fused-ring (bicyclic) bond motifs is 1. The molecule has 0 spiro atoms. The van der Waals surface area contributed by atoms with E-state index in [9.17, 15) is 24.0 Å². The van der Waals surface area contributed by atoms with Crippen LogP contribution < -0.4 is 22.1 Å². The molecule has 2 aromatic rings. The first-order valence-electron chi connectivity index (χ1n) is 16.9. The molecule has 7 unspecified atom stereocenters. The van der Waals surface area contributed by atoms with Gasteiger partial charge in [-0.15, -0.1) is 0 Å². The SMILES string of the molecule is CC1CC(NC(=O)C(Cc2ccccc2)NC(=O)C(N)Cc2ccccc2)C(=O)N1C(CCCCN)C(=O)N1CC2CC(=O)CC2C1. The first-order valence-corrected chi connectivity index (χ1v) is 16.9. The third-order valence-electron chi connectivity index (χ3n) is 9.89. The molecule has 3 aliphatic rings. The van der Waals surface area contributed by atoms with Gasteiger partial charge < -0.3 is 31.9 Å². The zero-order valence-electron chi connectivity index (χ0n) is 27.2. The van der Waals surface area contributed by atoms with Crippen molar-refractivity contribution in [3.05, 3.63) is 71.8 Å². The molecule has 252 valence electrons. The minimum Gasteiger partial charge on any atom is -0.343 e. The number of amides is 4. The number of hydrogen-bond acceptors (Lipinski definition) is 7. The van der Waals surface area contributed by atoms with Crippen molar-refractivity contribution < 1.29 is 24.0 Å². The Labute approximate surface area is 276 Å². The van der Waals surface area contributed by atoms with Gasteiger partial charge in [-0.25, -0.2) is 0 Å². The summed E-state index contributed by atoms with van der Waals surface area (Å²) in [5.74, 6) is -0.715. The Kier molecular flexibility index (Phi) is 11.4. The fourth-order valence-electron chi connectivity index (χ4n) is 7.43. The van der Waals surface area contributed by atoms with Gasteiger partial charge >= 0.3 is 0 Å². The van der Waals surface area contributed by atoms with Crippen LogP contribution in [0.1, 0.15) is 56.6 Å². The highest BCUT2D eigenvalue weighted by atomic mass is 16.2. The first-order chi connectivity index (χ1) is 22.6. The van der Waals surface area contributed by atoms with Crippen molar-refractivity contribution in [1.29, 1.82) is 0 Å². The number of benzene rings is 2. The van der Waals surface area contributed by atoms with Gasteiger partial charge in [0.05, 0.1) is 6.04 Å². The molecule has 0 aromatic heterocycles. The number of unbranched alkanes of at least 4 members (excludes halogenated alkanes) is 1. The number of ketones is 1. The summed E-state index contributed by atoms with van der Waals surface area (Å²) in [6, 6.07) is 15.2. The Morgan fingerprint density at radius 1 is 0.872 bits per heavy atom. The fraction of sp³-hybridized carbons (Fsp3) is 0.528. The average molecular weight is 645 g/mol. The van der Waals surface area contributed by atoms with Gasteiger partial charge in [0, 0.05) is 38.4 Å². The lowest BCUT2D eigenvalue weighted by Crippen LogP contribution is -2.56. The largest absolute Gasteiger partial charge is 0.343 e. The van der Waals surface area contributed by atoms with Crippen LogP contribution in [0, 0.1) is 11.8 Å². The second-order valence-electron chi connectivity index (χ2n) is 13.4. The van der Waals surface area contributed by atoms with Gasteiger partial charge in [0.2, 0.25) is 23.6 Å². The molecule has 0 radical (unpaired) electrons. The number of rotatable bonds is 14. The van der Waals surface area contributed by atoms with E-state index in [4.69, 9.17) is 11.5 Å². The predicted octanol–water partition coefficient (Wildman–Crippen LogP) is 1.32. The number of carbonyl (C=O) groups is 5. The fourth-order valence-corrected chi connectivity index (χ4v) is 7.43. The van der Waals surface area contributed by atoms with E-state index in [0.29, 0.717) is 58.2 Å². The number of nitrogens with one attached hydrogen (secondary N) is 2. The molecule has 11 nitrogen and oxygen atoms in total. The van der Waals surface area contributed by atoms with E-state index in [-0.39, 0.29) is 41.9 Å². The van der Waals surface area contributed by atoms with Crippen molar-refractivity contribution in [2.24, 2.45) is 23.3 Å². The molecule has 4 amide bonds. The van der Waals surface area contributed by atoms with Gasteiger partial charge in [-0.2, -0.15) is 0 Å². The minimum absolute atomic E-state index is 0.0994. The summed E-state index contributed by atoms with van der Waals surface area (Å²) in [7, 11) is 0. The molecular weight excluding hydrogens is 596 g/mol. The standard InChI is InChI=1S/C36H48N6O5/c1-23-16-31(35(46)42(23)32(14-8-9-15-37)36(47)41-21-26-19-28(43)20-27(26)22-41)40-34(45)30(18-25-12-6-3-7-13-25)39-33(44)29(38)17-24-10-4-2-5-11-24/h2-7,10-13,23,26-27,29-32H,8-9,14-22,37-38H2,1H3,(H,39,44)(H,40,45). The summed E-state index contributed by atoms with van der Waals surface area (Å²) in [5.41, 5.74) is 13.8. The zero-order chi connectivity index (χ0) is 33.5. The molecule has 7 atom stereocenters. The summed E-state index contributed by atoms with van der Waals surface area (Å²) in [6.07, 6.45) is 3.79. The molecule has 2 aromatic carbocycles. The topological polar surface area (TPSA) is 168 Å². The van der Waals surface area contributed by atoms with Crippen molar-refractivity contribution >= 4 is 29.4 Å². The lowest BCUT2D eigenvalue weighted by Gasteiger charge is -2.34. The van der Waals surface area contributed by atoms with E-state index in [1.54, 1.807) is 4.90 Å². The van der Waals surface area contributed by atoms with Crippen molar-refractivity contribution in [3.8, 4) is 0 Å². The quantitative estimate of drug-likeness (QED) is 0.225. The van der Waals surface area contributed by atoms with E-state index in [2.05, 4.69) is 10.6 Å². The maximum atomic E-state index is 14.0. The van der Waals surface area contributed by atoms with Crippen molar-refractivity contribution in [2.75, 3.05) is 19.6 Å². The third-order valence-corrected chi connectivity index (χ3v) is 9.89. The average Bonchev–Trinajstić information content (AvgIpc) is 3.70. The summed E-state index contributed by atoms with van der Waals surface area (Å²) in [5, 5.41) is 5.74. The molecule has 2 heterocycles. The zero-order valence-corrected chi connectivity index (χ0v) is 27.2. The highest BCUT2D eigenvalue weighted by molar-refractivity contribution is 5.96. The van der Waals surface area contributed by atoms with E-state index in [0.717, 1.165) is 17.5 Å². The van der Waals surface area contributed by atoms with Crippen LogP contribution in [0.3, 0.4) is 0 Å². The van der Waals surface area contributed by atoms with Crippen LogP contribution in [0.5, 0.6) is 0 Å². The van der Waals surface area contributed by atoms with Gasteiger partial charge in [0.15, 0.2) is 0 Å². The Hall–Kier alpha value is -4.09. The van der Waals surface area contributed by atoms with Crippen LogP contribution in [0.2, 0.25) is 0 Å². The molecule has 1 saturated carbocycles. The molecule has 3 fully saturated rings. The molecular formula is C36H48N6O5. The summed E-state index contributed by atoms with van der Waals surface area (Å²) in [4.78, 5) is 70.3. The summed E-state index contributed by atoms with van der Waals surface area (Å²) >= 11 is 0. The summed E-state index contributed by atoms with van der Waals surface area (Å²) in [6.45, 7) is 3.46. The monoisotopic (exact) mass is 644 g/mol. The van der Waals surface area contributed by atoms with Crippen LogP contribution in [0.25, 0.3) is 0 Å². The molecule has 11 heteroatoms. The highest BCUT2D eigenvalue weighted by Gasteiger charge is 2.48. The van der Waals surface area contributed by atoms with E-state index in [1.807, 2.05) is 72.5 Å². The Balaban J connectivity index is 1.27. The van der Waals surface area contributed by atoms with Crippen LogP contribution in [-0.4, -0.2) is 89.1 Å². The van der Waals surface area contributed by atoms with Crippen molar-refractivity contribution in [3.63, 3.8) is 0 Å². The van der Waals surface area contributed by atoms with Crippen molar-refractivity contribution in [1.82, 2.24) is 20.4 Å². The molecule has 2 saturated heterocycles. The predicted molar refractivity (Wildman–Crippen MR) is 178 cm³/mol. The second-order valence-corrected chi connectivity index (χ2v) is 13.4. The molecule has 2 aliphatic heterocycles. The van der Waals surface area contributed by atoms with Crippen LogP contribution in [0.15, 0.2) is 60.7 Å². The van der Waals surface area contributed by atoms with E-state index in [1.165, 1.54) is 0 Å². The highest BCUT2D eigenvalue weighted by Crippen LogP contribution is 2.37. The number of likely N-dealkylation sites (tertiary alicyclic amines) is 2. The molecule has 6 N–H and O–H groups in total. The number of nitrogens with zero attached hydrogens (tertiary/aromatic N) is 2. The van der Waals surface area contributed by atoms with Gasteiger partial charge in [-0.05, 0) is 68.5 Å². The van der Waals surface area contributed by atoms with Crippen LogP contribution in [0.4, 0.5) is 0 Å². The smallest absolute Gasteiger partial charge is 0.246 e. The van der Waals surface area contributed by atoms with Gasteiger partial charge in [-0.3, -0.25) is 24.0 Å². The van der Waals surface area contributed by atoms with Gasteiger partial charge in [-0.1, -0.05) is 60.7 Å². The Morgan fingerprint density at radius 2 is 1.47 bits per heavy atom. The van der Waals surface area contributed by atoms with Crippen LogP contribution >= 0.6 is 0 Å². The summed E-state index contributed by atoms with van der Waals surface area (Å²) < 4.78 is 0. The van der Waals surface area contributed by atoms with Gasteiger partial charge in [0.25, 0.3) is 0 Å². The Morgan fingerprint density at radius 3 is 2.06 bits per heavy atom. The van der Waals surface area contributed by atoms with Gasteiger partial charge in [0.1, 0.15) is 23.9 Å². The molecule has 0 bridgehead atoms. The van der Waals surface area contributed by atoms with E-state index >= 15 is 0 Å². The third kappa shape index (κ3) is 8.44. The minimum atomic E-state index is -0.961. The lowest BCUT2D eigenvalue weighted by molar-refractivity contribution is -0.146. The maximum absolute atomic E-state index is 14.0.